The highest BCUT2D eigenvalue weighted by molar-refractivity contribution is 5.80. The summed E-state index contributed by atoms with van der Waals surface area (Å²) < 4.78 is 20.9. The molecule has 2 aromatic carbocycles. The number of piperidine rings is 1. The lowest BCUT2D eigenvalue weighted by Crippen LogP contribution is -2.46. The molecule has 5 heterocycles. The van der Waals surface area contributed by atoms with Crippen LogP contribution in [0.3, 0.4) is 0 Å². The van der Waals surface area contributed by atoms with E-state index in [4.69, 9.17) is 24.3 Å². The normalized spacial score (nSPS) is 20.9. The second-order valence-electron chi connectivity index (χ2n) is 14.3. The minimum absolute atomic E-state index is 0.0125. The smallest absolute Gasteiger partial charge is 0.337 e. The fraction of sp³-hybridized carbons (Fsp3) is 0.474. The van der Waals surface area contributed by atoms with Crippen LogP contribution in [0.25, 0.3) is 28.0 Å². The number of carbonyl (C=O) groups is 1. The zero-order valence-electron chi connectivity index (χ0n) is 28.7. The minimum atomic E-state index is -1.24. The SMILES string of the molecule is Cc1nc2cc3nn2c(c1C(OC(C)(C)C)C(=O)O)N1CCC(C)(CC1)OCCCCC(C)Oc1ccc(C#N)cc1-c1cccc-3c1. The Morgan fingerprint density at radius 3 is 2.58 bits per heavy atom. The van der Waals surface area contributed by atoms with Gasteiger partial charge in [0.15, 0.2) is 11.8 Å². The number of hydrogen-bond acceptors (Lipinski definition) is 8. The van der Waals surface area contributed by atoms with E-state index in [0.29, 0.717) is 53.7 Å². The summed E-state index contributed by atoms with van der Waals surface area (Å²) in [5.74, 6) is 0.327. The molecule has 1 fully saturated rings. The summed E-state index contributed by atoms with van der Waals surface area (Å²) in [7, 11) is 0. The Morgan fingerprint density at radius 2 is 1.88 bits per heavy atom. The van der Waals surface area contributed by atoms with E-state index in [1.165, 1.54) is 0 Å². The van der Waals surface area contributed by atoms with Gasteiger partial charge in [0, 0.05) is 42.6 Å². The number of aliphatic carboxylic acids is 1. The third-order valence-corrected chi connectivity index (χ3v) is 9.24. The van der Waals surface area contributed by atoms with Crippen molar-refractivity contribution in [1.29, 1.82) is 5.26 Å². The zero-order chi connectivity index (χ0) is 34.2. The van der Waals surface area contributed by atoms with Gasteiger partial charge in [0.1, 0.15) is 11.6 Å². The van der Waals surface area contributed by atoms with E-state index < -0.39 is 17.7 Å². The molecule has 48 heavy (non-hydrogen) atoms. The van der Waals surface area contributed by atoms with Crippen LogP contribution in [0, 0.1) is 18.3 Å². The molecule has 7 rings (SSSR count). The Bertz CT molecular complexity index is 1860. The number of carboxylic acids is 1. The molecule has 0 spiro atoms. The topological polar surface area (TPSA) is 122 Å². The van der Waals surface area contributed by atoms with Crippen LogP contribution in [-0.2, 0) is 14.3 Å². The van der Waals surface area contributed by atoms with Crippen LogP contribution >= 0.6 is 0 Å². The summed E-state index contributed by atoms with van der Waals surface area (Å²) in [5, 5.41) is 25.3. The average molecular weight is 652 g/mol. The number of benzene rings is 2. The molecule has 3 aliphatic heterocycles. The zero-order valence-corrected chi connectivity index (χ0v) is 28.7. The molecule has 1 saturated heterocycles. The Kier molecular flexibility index (Phi) is 9.20. The van der Waals surface area contributed by atoms with E-state index in [-0.39, 0.29) is 11.7 Å². The fourth-order valence-corrected chi connectivity index (χ4v) is 6.69. The van der Waals surface area contributed by atoms with E-state index in [1.54, 1.807) is 10.6 Å². The molecular weight excluding hydrogens is 606 g/mol. The predicted molar refractivity (Wildman–Crippen MR) is 184 cm³/mol. The third kappa shape index (κ3) is 7.03. The highest BCUT2D eigenvalue weighted by Gasteiger charge is 2.38. The number of anilines is 1. The molecule has 4 aromatic rings. The molecular formula is C38H45N5O5. The number of aryl methyl sites for hydroxylation is 1. The highest BCUT2D eigenvalue weighted by atomic mass is 16.5. The maximum atomic E-state index is 12.8. The van der Waals surface area contributed by atoms with E-state index in [2.05, 4.69) is 24.8 Å². The van der Waals surface area contributed by atoms with Crippen molar-refractivity contribution >= 4 is 17.4 Å². The number of carboxylic acid groups (broad SMARTS) is 1. The Morgan fingerprint density at radius 1 is 1.12 bits per heavy atom. The first-order valence-corrected chi connectivity index (χ1v) is 16.9. The van der Waals surface area contributed by atoms with Gasteiger partial charge in [-0.3, -0.25) is 0 Å². The average Bonchev–Trinajstić information content (AvgIpc) is 3.46. The van der Waals surface area contributed by atoms with Crippen molar-refractivity contribution in [1.82, 2.24) is 14.6 Å². The van der Waals surface area contributed by atoms with Gasteiger partial charge in [-0.05, 0) is 103 Å². The van der Waals surface area contributed by atoms with Crippen molar-refractivity contribution in [3.8, 4) is 34.2 Å². The molecule has 0 radical (unpaired) electrons. The number of nitriles is 1. The number of aromatic nitrogens is 3. The summed E-state index contributed by atoms with van der Waals surface area (Å²) in [6, 6.07) is 17.8. The second-order valence-corrected chi connectivity index (χ2v) is 14.3. The minimum Gasteiger partial charge on any atom is -0.490 e. The van der Waals surface area contributed by atoms with Crippen LogP contribution in [0.15, 0.2) is 48.5 Å². The first-order chi connectivity index (χ1) is 22.8. The summed E-state index contributed by atoms with van der Waals surface area (Å²) >= 11 is 0. The molecule has 0 saturated carbocycles. The van der Waals surface area contributed by atoms with Gasteiger partial charge < -0.3 is 24.2 Å². The van der Waals surface area contributed by atoms with Gasteiger partial charge in [0.05, 0.1) is 40.2 Å². The van der Waals surface area contributed by atoms with Crippen molar-refractivity contribution in [2.75, 3.05) is 24.6 Å². The predicted octanol–water partition coefficient (Wildman–Crippen LogP) is 7.51. The lowest BCUT2D eigenvalue weighted by molar-refractivity contribution is -0.160. The summed E-state index contributed by atoms with van der Waals surface area (Å²) in [6.45, 7) is 13.7. The lowest BCUT2D eigenvalue weighted by Gasteiger charge is -2.41. The van der Waals surface area contributed by atoms with Gasteiger partial charge in [-0.1, -0.05) is 18.2 Å². The highest BCUT2D eigenvalue weighted by Crippen LogP contribution is 2.39. The van der Waals surface area contributed by atoms with Gasteiger partial charge in [-0.2, -0.15) is 14.9 Å². The molecule has 6 bridgehead atoms. The molecule has 1 N–H and O–H groups in total. The van der Waals surface area contributed by atoms with E-state index >= 15 is 0 Å². The fourth-order valence-electron chi connectivity index (χ4n) is 6.69. The third-order valence-electron chi connectivity index (χ3n) is 9.24. The van der Waals surface area contributed by atoms with Crippen molar-refractivity contribution in [3.63, 3.8) is 0 Å². The number of nitrogens with zero attached hydrogens (tertiary/aromatic N) is 5. The molecule has 252 valence electrons. The van der Waals surface area contributed by atoms with Crippen LogP contribution in [0.2, 0.25) is 0 Å². The second kappa shape index (κ2) is 13.2. The van der Waals surface area contributed by atoms with Crippen molar-refractivity contribution in [3.05, 3.63) is 65.4 Å². The van der Waals surface area contributed by atoms with Gasteiger partial charge in [-0.25, -0.2) is 9.78 Å². The van der Waals surface area contributed by atoms with Crippen LogP contribution in [0.5, 0.6) is 5.75 Å². The Balaban J connectivity index is 1.54. The molecule has 0 aliphatic carbocycles. The van der Waals surface area contributed by atoms with E-state index in [9.17, 15) is 15.2 Å². The summed E-state index contributed by atoms with van der Waals surface area (Å²) in [5.41, 5.74) is 4.54. The Hall–Kier alpha value is -4.46. The van der Waals surface area contributed by atoms with E-state index in [0.717, 1.165) is 54.5 Å². The van der Waals surface area contributed by atoms with Gasteiger partial charge in [0.2, 0.25) is 0 Å². The molecule has 2 aromatic heterocycles. The Labute approximate surface area is 282 Å². The molecule has 0 amide bonds. The lowest BCUT2D eigenvalue weighted by atomic mass is 9.92. The summed E-state index contributed by atoms with van der Waals surface area (Å²) in [6.07, 6.45) is 3.08. The largest absolute Gasteiger partial charge is 0.490 e. The van der Waals surface area contributed by atoms with Gasteiger partial charge in [-0.15, -0.1) is 0 Å². The van der Waals surface area contributed by atoms with Gasteiger partial charge in [0.25, 0.3) is 0 Å². The maximum absolute atomic E-state index is 12.8. The monoisotopic (exact) mass is 651 g/mol. The first kappa shape index (κ1) is 33.4. The standard InChI is InChI=1S/C38H45N5O5/c1-24-10-7-8-19-46-38(6)15-17-42(18-16-38)35-33(34(36(44)45)48-37(3,4)5)25(2)40-32-22-30(41-43(32)35)28-12-9-11-27(21-28)29-20-26(23-39)13-14-31(29)47-24/h9,11-14,20-22,24,34H,7-8,10,15-19H2,1-6H3,(H,44,45). The number of fused-ring (bicyclic) bond motifs is 8. The molecule has 10 heteroatoms. The quantitative estimate of drug-likeness (QED) is 0.240. The van der Waals surface area contributed by atoms with Crippen LogP contribution in [-0.4, -0.2) is 62.7 Å². The van der Waals surface area contributed by atoms with E-state index in [1.807, 2.05) is 70.2 Å². The number of rotatable bonds is 3. The number of ether oxygens (including phenoxy) is 3. The van der Waals surface area contributed by atoms with Crippen molar-refractivity contribution in [2.45, 2.75) is 97.1 Å². The number of hydrogen-bond donors (Lipinski definition) is 1. The molecule has 2 atom stereocenters. The summed E-state index contributed by atoms with van der Waals surface area (Å²) in [4.78, 5) is 19.9. The maximum Gasteiger partial charge on any atom is 0.337 e. The van der Waals surface area contributed by atoms with Crippen molar-refractivity contribution in [2.24, 2.45) is 0 Å². The van der Waals surface area contributed by atoms with Crippen molar-refractivity contribution < 1.29 is 24.1 Å². The van der Waals surface area contributed by atoms with Crippen LogP contribution < -0.4 is 9.64 Å². The van der Waals surface area contributed by atoms with Crippen LogP contribution in [0.4, 0.5) is 5.82 Å². The van der Waals surface area contributed by atoms with Crippen LogP contribution in [0.1, 0.15) is 89.6 Å². The first-order valence-electron chi connectivity index (χ1n) is 16.9. The molecule has 3 aliphatic rings. The van der Waals surface area contributed by atoms with Gasteiger partial charge >= 0.3 is 5.97 Å². The molecule has 2 unspecified atom stereocenters. The molecule has 10 nitrogen and oxygen atoms in total.